The van der Waals surface area contributed by atoms with Crippen LogP contribution in [0.5, 0.6) is 0 Å². The molecule has 1 aliphatic heterocycles. The van der Waals surface area contributed by atoms with Crippen molar-refractivity contribution in [3.05, 3.63) is 28.8 Å². The van der Waals surface area contributed by atoms with Crippen LogP contribution in [0.2, 0.25) is 5.02 Å². The summed E-state index contributed by atoms with van der Waals surface area (Å²) >= 11 is 5.64. The maximum absolute atomic E-state index is 13.1. The standard InChI is InChI=1S/C17H21ClF3N3O3/c1-3-27-16(26)24-8-6-23(7-9-24)11(2)15(25)22-14-5-4-12(18)10-13(14)17(19,20)21/h4-5,10-11H,3,6-9H2,1-2H3,(H,22,25)/t11-/m1/s1. The number of alkyl halides is 3. The van der Waals surface area contributed by atoms with E-state index in [9.17, 15) is 22.8 Å². The molecule has 1 heterocycles. The number of anilines is 1. The average Bonchev–Trinajstić information content (AvgIpc) is 2.62. The van der Waals surface area contributed by atoms with Gasteiger partial charge in [-0.1, -0.05) is 11.6 Å². The molecule has 0 saturated carbocycles. The second-order valence-corrected chi connectivity index (χ2v) is 6.51. The lowest BCUT2D eigenvalue weighted by Gasteiger charge is -2.36. The van der Waals surface area contributed by atoms with E-state index in [-0.39, 0.29) is 17.3 Å². The van der Waals surface area contributed by atoms with Crippen LogP contribution in [-0.2, 0) is 15.7 Å². The van der Waals surface area contributed by atoms with Crippen LogP contribution < -0.4 is 5.32 Å². The Morgan fingerprint density at radius 3 is 2.44 bits per heavy atom. The van der Waals surface area contributed by atoms with Gasteiger partial charge in [-0.05, 0) is 32.0 Å². The summed E-state index contributed by atoms with van der Waals surface area (Å²) in [5, 5.41) is 2.26. The van der Waals surface area contributed by atoms with Crippen LogP contribution in [0.4, 0.5) is 23.7 Å². The van der Waals surface area contributed by atoms with Crippen molar-refractivity contribution in [3.8, 4) is 0 Å². The fourth-order valence-electron chi connectivity index (χ4n) is 2.77. The highest BCUT2D eigenvalue weighted by Gasteiger charge is 2.35. The predicted octanol–water partition coefficient (Wildman–Crippen LogP) is 3.46. The van der Waals surface area contributed by atoms with Gasteiger partial charge >= 0.3 is 12.3 Å². The van der Waals surface area contributed by atoms with Crippen molar-refractivity contribution in [1.29, 1.82) is 0 Å². The molecule has 1 aromatic carbocycles. The number of hydrogen-bond acceptors (Lipinski definition) is 4. The van der Waals surface area contributed by atoms with Gasteiger partial charge in [0, 0.05) is 31.2 Å². The number of halogens is 4. The molecular weight excluding hydrogens is 387 g/mol. The third-order valence-corrected chi connectivity index (χ3v) is 4.55. The fraction of sp³-hybridized carbons (Fsp3) is 0.529. The van der Waals surface area contributed by atoms with Gasteiger partial charge in [0.1, 0.15) is 0 Å². The SMILES string of the molecule is CCOC(=O)N1CCN([C@H](C)C(=O)Nc2ccc(Cl)cc2C(F)(F)F)CC1. The molecule has 150 valence electrons. The molecule has 1 aliphatic rings. The number of carbonyl (C=O) groups is 2. The Balaban J connectivity index is 2.00. The zero-order chi connectivity index (χ0) is 20.2. The molecule has 2 rings (SSSR count). The smallest absolute Gasteiger partial charge is 0.418 e. The Kier molecular flexibility index (Phi) is 6.94. The molecule has 2 amide bonds. The van der Waals surface area contributed by atoms with Crippen LogP contribution in [0.1, 0.15) is 19.4 Å². The molecule has 1 aromatic rings. The summed E-state index contributed by atoms with van der Waals surface area (Å²) in [5.41, 5.74) is -1.34. The summed E-state index contributed by atoms with van der Waals surface area (Å²) in [6.45, 7) is 5.20. The van der Waals surface area contributed by atoms with Gasteiger partial charge in [0.2, 0.25) is 5.91 Å². The molecule has 0 spiro atoms. The zero-order valence-corrected chi connectivity index (χ0v) is 15.7. The van der Waals surface area contributed by atoms with E-state index in [1.807, 2.05) is 0 Å². The van der Waals surface area contributed by atoms with E-state index in [0.717, 1.165) is 12.1 Å². The molecule has 0 bridgehead atoms. The first-order valence-electron chi connectivity index (χ1n) is 8.46. The quantitative estimate of drug-likeness (QED) is 0.830. The summed E-state index contributed by atoms with van der Waals surface area (Å²) in [6, 6.07) is 2.54. The van der Waals surface area contributed by atoms with Crippen LogP contribution in [-0.4, -0.2) is 60.6 Å². The number of carbonyl (C=O) groups excluding carboxylic acids is 2. The van der Waals surface area contributed by atoms with E-state index in [0.29, 0.717) is 26.2 Å². The highest BCUT2D eigenvalue weighted by atomic mass is 35.5. The largest absolute Gasteiger partial charge is 0.450 e. The number of benzene rings is 1. The minimum absolute atomic E-state index is 0.0662. The number of amides is 2. The van der Waals surface area contributed by atoms with Gasteiger partial charge in [-0.2, -0.15) is 13.2 Å². The number of nitrogens with one attached hydrogen (secondary N) is 1. The molecule has 1 saturated heterocycles. The molecule has 0 unspecified atom stereocenters. The Labute approximate surface area is 160 Å². The molecule has 0 radical (unpaired) electrons. The van der Waals surface area contributed by atoms with Gasteiger partial charge in [-0.15, -0.1) is 0 Å². The third kappa shape index (κ3) is 5.49. The normalized spacial score (nSPS) is 16.7. The van der Waals surface area contributed by atoms with Gasteiger partial charge in [-0.25, -0.2) is 4.79 Å². The number of ether oxygens (including phenoxy) is 1. The maximum atomic E-state index is 13.1. The van der Waals surface area contributed by atoms with Crippen molar-refractivity contribution in [2.45, 2.75) is 26.1 Å². The first kappa shape index (κ1) is 21.3. The van der Waals surface area contributed by atoms with Gasteiger partial charge in [0.25, 0.3) is 0 Å². The van der Waals surface area contributed by atoms with Crippen molar-refractivity contribution >= 4 is 29.3 Å². The van der Waals surface area contributed by atoms with E-state index in [4.69, 9.17) is 16.3 Å². The van der Waals surface area contributed by atoms with E-state index in [2.05, 4.69) is 5.32 Å². The molecule has 6 nitrogen and oxygen atoms in total. The summed E-state index contributed by atoms with van der Waals surface area (Å²) in [4.78, 5) is 27.5. The molecular formula is C17H21ClF3N3O3. The summed E-state index contributed by atoms with van der Waals surface area (Å²) in [5.74, 6) is -0.563. The molecule has 0 aliphatic carbocycles. The van der Waals surface area contributed by atoms with E-state index < -0.39 is 29.8 Å². The number of hydrogen-bond donors (Lipinski definition) is 1. The first-order valence-corrected chi connectivity index (χ1v) is 8.84. The number of rotatable bonds is 4. The van der Waals surface area contributed by atoms with E-state index >= 15 is 0 Å². The molecule has 1 N–H and O–H groups in total. The Bertz CT molecular complexity index is 692. The Morgan fingerprint density at radius 1 is 1.26 bits per heavy atom. The van der Waals surface area contributed by atoms with Crippen LogP contribution in [0, 0.1) is 0 Å². The van der Waals surface area contributed by atoms with Gasteiger partial charge in [0.05, 0.1) is 23.9 Å². The van der Waals surface area contributed by atoms with Gasteiger partial charge in [0.15, 0.2) is 0 Å². The Morgan fingerprint density at radius 2 is 1.89 bits per heavy atom. The molecule has 27 heavy (non-hydrogen) atoms. The number of piperazine rings is 1. The predicted molar refractivity (Wildman–Crippen MR) is 94.7 cm³/mol. The minimum Gasteiger partial charge on any atom is -0.450 e. The molecule has 1 atom stereocenters. The average molecular weight is 408 g/mol. The molecule has 0 aromatic heterocycles. The van der Waals surface area contributed by atoms with Gasteiger partial charge in [-0.3, -0.25) is 9.69 Å². The van der Waals surface area contributed by atoms with Crippen LogP contribution >= 0.6 is 11.6 Å². The van der Waals surface area contributed by atoms with Crippen molar-refractivity contribution in [2.75, 3.05) is 38.1 Å². The highest BCUT2D eigenvalue weighted by molar-refractivity contribution is 6.30. The summed E-state index contributed by atoms with van der Waals surface area (Å²) in [6.07, 6.45) is -5.05. The van der Waals surface area contributed by atoms with E-state index in [1.165, 1.54) is 11.0 Å². The lowest BCUT2D eigenvalue weighted by molar-refractivity contribution is -0.137. The lowest BCUT2D eigenvalue weighted by Crippen LogP contribution is -2.54. The first-order chi connectivity index (χ1) is 12.6. The topological polar surface area (TPSA) is 61.9 Å². The highest BCUT2D eigenvalue weighted by Crippen LogP contribution is 2.36. The van der Waals surface area contributed by atoms with Crippen LogP contribution in [0.3, 0.4) is 0 Å². The molecule has 10 heteroatoms. The second-order valence-electron chi connectivity index (χ2n) is 6.07. The summed E-state index contributed by atoms with van der Waals surface area (Å²) in [7, 11) is 0. The van der Waals surface area contributed by atoms with Gasteiger partial charge < -0.3 is 15.0 Å². The zero-order valence-electron chi connectivity index (χ0n) is 15.0. The third-order valence-electron chi connectivity index (χ3n) is 4.31. The Hall–Kier alpha value is -2.00. The lowest BCUT2D eigenvalue weighted by atomic mass is 10.1. The monoisotopic (exact) mass is 407 g/mol. The van der Waals surface area contributed by atoms with Crippen molar-refractivity contribution < 1.29 is 27.5 Å². The number of nitrogens with zero attached hydrogens (tertiary/aromatic N) is 2. The minimum atomic E-state index is -4.64. The van der Waals surface area contributed by atoms with E-state index in [1.54, 1.807) is 18.7 Å². The van der Waals surface area contributed by atoms with Crippen molar-refractivity contribution in [3.63, 3.8) is 0 Å². The van der Waals surface area contributed by atoms with Crippen LogP contribution in [0.25, 0.3) is 0 Å². The van der Waals surface area contributed by atoms with Crippen molar-refractivity contribution in [2.24, 2.45) is 0 Å². The maximum Gasteiger partial charge on any atom is 0.418 e. The fourth-order valence-corrected chi connectivity index (χ4v) is 2.94. The summed E-state index contributed by atoms with van der Waals surface area (Å²) < 4.78 is 44.4. The van der Waals surface area contributed by atoms with Crippen LogP contribution in [0.15, 0.2) is 18.2 Å². The molecule has 1 fully saturated rings. The van der Waals surface area contributed by atoms with Crippen molar-refractivity contribution in [1.82, 2.24) is 9.80 Å². The second kappa shape index (κ2) is 8.79.